The average molecular weight is 433 g/mol. The van der Waals surface area contributed by atoms with E-state index >= 15 is 0 Å². The normalized spacial score (nSPS) is 11.1. The average Bonchev–Trinajstić information content (AvgIpc) is 3.20. The minimum absolute atomic E-state index is 0.682. The Morgan fingerprint density at radius 1 is 0.758 bits per heavy atom. The summed E-state index contributed by atoms with van der Waals surface area (Å²) >= 11 is 0. The monoisotopic (exact) mass is 432 g/mol. The van der Waals surface area contributed by atoms with Gasteiger partial charge in [-0.1, -0.05) is 78.9 Å². The van der Waals surface area contributed by atoms with E-state index in [2.05, 4.69) is 96.4 Å². The van der Waals surface area contributed by atoms with Gasteiger partial charge in [-0.05, 0) is 59.9 Å². The van der Waals surface area contributed by atoms with Gasteiger partial charge in [0.2, 0.25) is 0 Å². The highest BCUT2D eigenvalue weighted by atomic mass is 16.5. The van der Waals surface area contributed by atoms with Crippen molar-refractivity contribution in [3.63, 3.8) is 0 Å². The Hall–Kier alpha value is -3.85. The van der Waals surface area contributed by atoms with E-state index in [4.69, 9.17) is 9.72 Å². The van der Waals surface area contributed by atoms with Crippen LogP contribution in [0.25, 0.3) is 22.2 Å². The van der Waals surface area contributed by atoms with Crippen molar-refractivity contribution in [3.8, 4) is 16.9 Å². The van der Waals surface area contributed by atoms with Crippen LogP contribution in [0.5, 0.6) is 5.75 Å². The molecule has 0 spiro atoms. The number of nitrogens with zero attached hydrogens (tertiary/aromatic N) is 2. The number of imidazole rings is 1. The number of fused-ring (bicyclic) bond motifs is 1. The van der Waals surface area contributed by atoms with Gasteiger partial charge in [-0.15, -0.1) is 0 Å². The summed E-state index contributed by atoms with van der Waals surface area (Å²) in [6.45, 7) is 3.65. The minimum atomic E-state index is 0.682. The molecular formula is C30H28N2O. The molecule has 3 nitrogen and oxygen atoms in total. The molecule has 164 valence electrons. The van der Waals surface area contributed by atoms with Gasteiger partial charge in [0.05, 0.1) is 17.6 Å². The maximum Gasteiger partial charge on any atom is 0.119 e. The summed E-state index contributed by atoms with van der Waals surface area (Å²) in [7, 11) is 0. The lowest BCUT2D eigenvalue weighted by atomic mass is 10.0. The summed E-state index contributed by atoms with van der Waals surface area (Å²) in [5.74, 6) is 2.03. The van der Waals surface area contributed by atoms with Crippen molar-refractivity contribution in [1.29, 1.82) is 0 Å². The Kier molecular flexibility index (Phi) is 6.21. The van der Waals surface area contributed by atoms with Crippen LogP contribution in [0.3, 0.4) is 0 Å². The molecule has 0 bridgehead atoms. The third-order valence-electron chi connectivity index (χ3n) is 5.94. The fourth-order valence-corrected chi connectivity index (χ4v) is 4.26. The zero-order valence-electron chi connectivity index (χ0n) is 18.9. The fraction of sp³-hybridized carbons (Fsp3) is 0.167. The van der Waals surface area contributed by atoms with Crippen molar-refractivity contribution in [3.05, 3.63) is 120 Å². The zero-order valence-corrected chi connectivity index (χ0v) is 18.9. The zero-order chi connectivity index (χ0) is 22.5. The molecule has 0 atom stereocenters. The molecule has 0 amide bonds. The molecule has 3 heteroatoms. The van der Waals surface area contributed by atoms with E-state index in [1.54, 1.807) is 0 Å². The molecular weight excluding hydrogens is 404 g/mol. The second kappa shape index (κ2) is 9.74. The molecule has 0 saturated carbocycles. The van der Waals surface area contributed by atoms with Crippen molar-refractivity contribution < 1.29 is 4.74 Å². The molecule has 0 aliphatic carbocycles. The Labute approximate surface area is 195 Å². The molecule has 0 radical (unpaired) electrons. The number of benzene rings is 4. The van der Waals surface area contributed by atoms with Crippen LogP contribution in [0.15, 0.2) is 103 Å². The Balaban J connectivity index is 1.31. The molecule has 0 unspecified atom stereocenters. The van der Waals surface area contributed by atoms with E-state index in [1.807, 2.05) is 18.2 Å². The highest BCUT2D eigenvalue weighted by Crippen LogP contribution is 2.23. The quantitative estimate of drug-likeness (QED) is 0.245. The number of para-hydroxylation sites is 2. The molecule has 4 aromatic carbocycles. The van der Waals surface area contributed by atoms with Crippen molar-refractivity contribution in [2.75, 3.05) is 6.61 Å². The summed E-state index contributed by atoms with van der Waals surface area (Å²) in [4.78, 5) is 4.96. The second-order valence-electron chi connectivity index (χ2n) is 8.43. The van der Waals surface area contributed by atoms with Gasteiger partial charge < -0.3 is 9.30 Å². The van der Waals surface area contributed by atoms with Crippen LogP contribution in [0.2, 0.25) is 0 Å². The van der Waals surface area contributed by atoms with Crippen LogP contribution < -0.4 is 4.74 Å². The van der Waals surface area contributed by atoms with Gasteiger partial charge in [-0.3, -0.25) is 0 Å². The maximum absolute atomic E-state index is 5.98. The fourth-order valence-electron chi connectivity index (χ4n) is 4.26. The van der Waals surface area contributed by atoms with E-state index < -0.39 is 0 Å². The Morgan fingerprint density at radius 3 is 2.33 bits per heavy atom. The first-order chi connectivity index (χ1) is 16.3. The summed E-state index contributed by atoms with van der Waals surface area (Å²) in [6, 6.07) is 35.9. The Morgan fingerprint density at radius 2 is 1.52 bits per heavy atom. The first-order valence-corrected chi connectivity index (χ1v) is 11.5. The molecule has 0 aliphatic heterocycles. The van der Waals surface area contributed by atoms with Crippen LogP contribution in [-0.2, 0) is 13.0 Å². The number of hydrogen-bond acceptors (Lipinski definition) is 2. The summed E-state index contributed by atoms with van der Waals surface area (Å²) in [5, 5.41) is 0. The maximum atomic E-state index is 5.98. The van der Waals surface area contributed by atoms with Crippen molar-refractivity contribution >= 4 is 11.0 Å². The van der Waals surface area contributed by atoms with Gasteiger partial charge in [0.25, 0.3) is 0 Å². The molecule has 5 aromatic rings. The SMILES string of the molecule is Cc1cccc(OCCCn2c(Cc3ccc(-c4ccccc4)cc3)nc3ccccc32)c1. The van der Waals surface area contributed by atoms with E-state index in [0.29, 0.717) is 6.61 Å². The lowest BCUT2D eigenvalue weighted by Gasteiger charge is -2.11. The number of aryl methyl sites for hydroxylation is 2. The summed E-state index contributed by atoms with van der Waals surface area (Å²) < 4.78 is 8.32. The lowest BCUT2D eigenvalue weighted by Crippen LogP contribution is -2.08. The predicted molar refractivity (Wildman–Crippen MR) is 136 cm³/mol. The number of ether oxygens (including phenoxy) is 1. The predicted octanol–water partition coefficient (Wildman–Crippen LogP) is 7.07. The van der Waals surface area contributed by atoms with Crippen molar-refractivity contribution in [2.24, 2.45) is 0 Å². The van der Waals surface area contributed by atoms with Crippen LogP contribution in [-0.4, -0.2) is 16.2 Å². The molecule has 0 aliphatic rings. The van der Waals surface area contributed by atoms with Gasteiger partial charge in [-0.2, -0.15) is 0 Å². The minimum Gasteiger partial charge on any atom is -0.494 e. The molecule has 0 saturated heterocycles. The van der Waals surface area contributed by atoms with Crippen LogP contribution in [0.4, 0.5) is 0 Å². The molecule has 5 rings (SSSR count). The van der Waals surface area contributed by atoms with Gasteiger partial charge in [0, 0.05) is 13.0 Å². The summed E-state index contributed by atoms with van der Waals surface area (Å²) in [6.07, 6.45) is 1.73. The molecule has 1 aromatic heterocycles. The largest absolute Gasteiger partial charge is 0.494 e. The first kappa shape index (κ1) is 21.0. The van der Waals surface area contributed by atoms with Crippen molar-refractivity contribution in [2.45, 2.75) is 26.3 Å². The third-order valence-corrected chi connectivity index (χ3v) is 5.94. The van der Waals surface area contributed by atoms with E-state index in [1.165, 1.54) is 27.8 Å². The highest BCUT2D eigenvalue weighted by Gasteiger charge is 2.11. The standard InChI is InChI=1S/C30H28N2O/c1-23-9-7-12-27(21-23)33-20-8-19-32-29-14-6-5-13-28(29)31-30(32)22-24-15-17-26(18-16-24)25-10-3-2-4-11-25/h2-7,9-18,21H,8,19-20,22H2,1H3. The van der Waals surface area contributed by atoms with E-state index in [9.17, 15) is 0 Å². The molecule has 33 heavy (non-hydrogen) atoms. The molecule has 0 fully saturated rings. The van der Waals surface area contributed by atoms with E-state index in [-0.39, 0.29) is 0 Å². The third kappa shape index (κ3) is 4.98. The van der Waals surface area contributed by atoms with Crippen LogP contribution in [0.1, 0.15) is 23.4 Å². The topological polar surface area (TPSA) is 27.1 Å². The summed E-state index contributed by atoms with van der Waals surface area (Å²) in [5.41, 5.74) is 7.19. The van der Waals surface area contributed by atoms with Gasteiger partial charge >= 0.3 is 0 Å². The smallest absolute Gasteiger partial charge is 0.119 e. The number of aromatic nitrogens is 2. The second-order valence-corrected chi connectivity index (χ2v) is 8.43. The Bertz CT molecular complexity index is 1340. The van der Waals surface area contributed by atoms with Crippen LogP contribution >= 0.6 is 0 Å². The van der Waals surface area contributed by atoms with Gasteiger partial charge in [0.1, 0.15) is 11.6 Å². The number of hydrogen-bond donors (Lipinski definition) is 0. The van der Waals surface area contributed by atoms with Gasteiger partial charge in [-0.25, -0.2) is 4.98 Å². The number of rotatable bonds is 8. The van der Waals surface area contributed by atoms with Crippen molar-refractivity contribution in [1.82, 2.24) is 9.55 Å². The lowest BCUT2D eigenvalue weighted by molar-refractivity contribution is 0.301. The highest BCUT2D eigenvalue weighted by molar-refractivity contribution is 5.76. The van der Waals surface area contributed by atoms with Crippen LogP contribution in [0, 0.1) is 6.92 Å². The van der Waals surface area contributed by atoms with E-state index in [0.717, 1.165) is 36.5 Å². The molecule has 1 heterocycles. The van der Waals surface area contributed by atoms with Gasteiger partial charge in [0.15, 0.2) is 0 Å². The first-order valence-electron chi connectivity index (χ1n) is 11.5. The molecule has 0 N–H and O–H groups in total.